The molecule has 3 nitrogen and oxygen atoms in total. The number of aliphatic hydroxyl groups excluding tert-OH is 1. The number of para-hydroxylation sites is 2. The summed E-state index contributed by atoms with van der Waals surface area (Å²) < 4.78 is 5.33. The van der Waals surface area contributed by atoms with E-state index in [1.165, 1.54) is 11.1 Å². The van der Waals surface area contributed by atoms with E-state index >= 15 is 0 Å². The van der Waals surface area contributed by atoms with Gasteiger partial charge in [0.2, 0.25) is 0 Å². The Hall–Kier alpha value is -2.00. The van der Waals surface area contributed by atoms with Crippen molar-refractivity contribution >= 4 is 5.69 Å². The van der Waals surface area contributed by atoms with Crippen LogP contribution in [0.1, 0.15) is 22.7 Å². The van der Waals surface area contributed by atoms with Crippen molar-refractivity contribution in [3.63, 3.8) is 0 Å². The van der Waals surface area contributed by atoms with E-state index in [0.29, 0.717) is 0 Å². The zero-order valence-electron chi connectivity index (χ0n) is 12.2. The molecule has 0 amide bonds. The molecule has 2 N–H and O–H groups in total. The van der Waals surface area contributed by atoms with Crippen LogP contribution in [-0.2, 0) is 0 Å². The van der Waals surface area contributed by atoms with Crippen LogP contribution in [0.2, 0.25) is 0 Å². The first-order valence-electron chi connectivity index (χ1n) is 6.72. The number of benzene rings is 2. The quantitative estimate of drug-likeness (QED) is 0.875. The predicted octanol–water partition coefficient (Wildman–Crippen LogP) is 3.46. The highest BCUT2D eigenvalue weighted by molar-refractivity contribution is 5.57. The molecule has 0 spiro atoms. The second-order valence-electron chi connectivity index (χ2n) is 5.00. The predicted molar refractivity (Wildman–Crippen MR) is 82.4 cm³/mol. The van der Waals surface area contributed by atoms with Gasteiger partial charge < -0.3 is 15.2 Å². The molecule has 0 aliphatic heterocycles. The summed E-state index contributed by atoms with van der Waals surface area (Å²) in [6, 6.07) is 13.9. The van der Waals surface area contributed by atoms with Crippen LogP contribution in [0.4, 0.5) is 5.69 Å². The number of anilines is 1. The van der Waals surface area contributed by atoms with Crippen LogP contribution in [0.15, 0.2) is 42.5 Å². The Balaban J connectivity index is 2.28. The fourth-order valence-corrected chi connectivity index (χ4v) is 2.40. The van der Waals surface area contributed by atoms with Gasteiger partial charge in [0, 0.05) is 0 Å². The summed E-state index contributed by atoms with van der Waals surface area (Å²) in [6.45, 7) is 4.16. The summed E-state index contributed by atoms with van der Waals surface area (Å²) >= 11 is 0. The first-order chi connectivity index (χ1) is 9.63. The van der Waals surface area contributed by atoms with Gasteiger partial charge >= 0.3 is 0 Å². The van der Waals surface area contributed by atoms with Crippen LogP contribution in [0, 0.1) is 13.8 Å². The SMILES string of the molecule is COc1ccccc1NC(CO)c1cc(C)cc(C)c1. The van der Waals surface area contributed by atoms with Crippen molar-refractivity contribution < 1.29 is 9.84 Å². The van der Waals surface area contributed by atoms with E-state index in [4.69, 9.17) is 4.74 Å². The van der Waals surface area contributed by atoms with Crippen molar-refractivity contribution in [3.05, 3.63) is 59.2 Å². The van der Waals surface area contributed by atoms with E-state index in [9.17, 15) is 5.11 Å². The standard InChI is InChI=1S/C17H21NO2/c1-12-8-13(2)10-14(9-12)16(11-19)18-15-6-4-5-7-17(15)20-3/h4-10,16,18-19H,11H2,1-3H3. The zero-order valence-corrected chi connectivity index (χ0v) is 12.2. The first kappa shape index (κ1) is 14.4. The largest absolute Gasteiger partial charge is 0.495 e. The molecule has 0 aliphatic carbocycles. The van der Waals surface area contributed by atoms with Crippen LogP contribution >= 0.6 is 0 Å². The Morgan fingerprint density at radius 3 is 2.35 bits per heavy atom. The number of methoxy groups -OCH3 is 1. The summed E-state index contributed by atoms with van der Waals surface area (Å²) in [5.41, 5.74) is 4.35. The van der Waals surface area contributed by atoms with Crippen LogP contribution < -0.4 is 10.1 Å². The summed E-state index contributed by atoms with van der Waals surface area (Å²) in [6.07, 6.45) is 0. The van der Waals surface area contributed by atoms with E-state index < -0.39 is 0 Å². The Kier molecular flexibility index (Phi) is 4.64. The van der Waals surface area contributed by atoms with Crippen molar-refractivity contribution in [2.24, 2.45) is 0 Å². The van der Waals surface area contributed by atoms with E-state index in [1.54, 1.807) is 7.11 Å². The summed E-state index contributed by atoms with van der Waals surface area (Å²) in [5, 5.41) is 13.0. The van der Waals surface area contributed by atoms with Crippen molar-refractivity contribution in [1.29, 1.82) is 0 Å². The van der Waals surface area contributed by atoms with Crippen molar-refractivity contribution in [2.45, 2.75) is 19.9 Å². The maximum absolute atomic E-state index is 9.68. The van der Waals surface area contributed by atoms with Gasteiger partial charge in [-0.25, -0.2) is 0 Å². The molecule has 0 fully saturated rings. The fraction of sp³-hybridized carbons (Fsp3) is 0.294. The molecular weight excluding hydrogens is 250 g/mol. The third-order valence-electron chi connectivity index (χ3n) is 3.27. The molecule has 0 aliphatic rings. The van der Waals surface area contributed by atoms with Crippen LogP contribution in [0.3, 0.4) is 0 Å². The number of aliphatic hydroxyl groups is 1. The van der Waals surface area contributed by atoms with Gasteiger partial charge in [0.15, 0.2) is 0 Å². The minimum Gasteiger partial charge on any atom is -0.495 e. The highest BCUT2D eigenvalue weighted by atomic mass is 16.5. The highest BCUT2D eigenvalue weighted by Gasteiger charge is 2.13. The second-order valence-corrected chi connectivity index (χ2v) is 5.00. The Morgan fingerprint density at radius 1 is 1.10 bits per heavy atom. The second kappa shape index (κ2) is 6.44. The van der Waals surface area contributed by atoms with Gasteiger partial charge in [-0.2, -0.15) is 0 Å². The molecule has 2 aromatic rings. The van der Waals surface area contributed by atoms with Crippen LogP contribution in [-0.4, -0.2) is 18.8 Å². The minimum atomic E-state index is -0.148. The Bertz CT molecular complexity index is 561. The fourth-order valence-electron chi connectivity index (χ4n) is 2.40. The third kappa shape index (κ3) is 3.31. The third-order valence-corrected chi connectivity index (χ3v) is 3.27. The Labute approximate surface area is 120 Å². The monoisotopic (exact) mass is 271 g/mol. The number of hydrogen-bond donors (Lipinski definition) is 2. The number of hydrogen-bond acceptors (Lipinski definition) is 3. The maximum Gasteiger partial charge on any atom is 0.141 e. The van der Waals surface area contributed by atoms with Crippen molar-refractivity contribution in [2.75, 3.05) is 19.0 Å². The molecular formula is C17H21NO2. The lowest BCUT2D eigenvalue weighted by Crippen LogP contribution is -2.15. The van der Waals surface area contributed by atoms with Gasteiger partial charge in [-0.15, -0.1) is 0 Å². The van der Waals surface area contributed by atoms with Gasteiger partial charge in [0.1, 0.15) is 5.75 Å². The lowest BCUT2D eigenvalue weighted by atomic mass is 10.0. The summed E-state index contributed by atoms with van der Waals surface area (Å²) in [5.74, 6) is 0.773. The minimum absolute atomic E-state index is 0.0287. The first-order valence-corrected chi connectivity index (χ1v) is 6.72. The van der Waals surface area contributed by atoms with Gasteiger partial charge in [-0.05, 0) is 31.5 Å². The van der Waals surface area contributed by atoms with Gasteiger partial charge in [0.05, 0.1) is 25.4 Å². The molecule has 0 saturated carbocycles. The molecule has 0 aromatic heterocycles. The van der Waals surface area contributed by atoms with Gasteiger partial charge in [-0.3, -0.25) is 0 Å². The van der Waals surface area contributed by atoms with Gasteiger partial charge in [0.25, 0.3) is 0 Å². The number of aryl methyl sites for hydroxylation is 2. The van der Waals surface area contributed by atoms with Crippen LogP contribution in [0.5, 0.6) is 5.75 Å². The topological polar surface area (TPSA) is 41.5 Å². The highest BCUT2D eigenvalue weighted by Crippen LogP contribution is 2.28. The number of nitrogens with one attached hydrogen (secondary N) is 1. The molecule has 2 aromatic carbocycles. The van der Waals surface area contributed by atoms with Crippen molar-refractivity contribution in [1.82, 2.24) is 0 Å². The van der Waals surface area contributed by atoms with Crippen molar-refractivity contribution in [3.8, 4) is 5.75 Å². The molecule has 1 atom stereocenters. The average Bonchev–Trinajstić information content (AvgIpc) is 2.44. The molecule has 0 heterocycles. The van der Waals surface area contributed by atoms with E-state index in [0.717, 1.165) is 17.0 Å². The molecule has 106 valence electrons. The summed E-state index contributed by atoms with van der Waals surface area (Å²) in [7, 11) is 1.64. The zero-order chi connectivity index (χ0) is 14.5. The molecule has 3 heteroatoms. The smallest absolute Gasteiger partial charge is 0.141 e. The van der Waals surface area contributed by atoms with Gasteiger partial charge in [-0.1, -0.05) is 41.5 Å². The number of ether oxygens (including phenoxy) is 1. The van der Waals surface area contributed by atoms with E-state index in [-0.39, 0.29) is 12.6 Å². The molecule has 0 saturated heterocycles. The van der Waals surface area contributed by atoms with Crippen LogP contribution in [0.25, 0.3) is 0 Å². The molecule has 0 bridgehead atoms. The van der Waals surface area contributed by atoms with E-state index in [1.807, 2.05) is 24.3 Å². The molecule has 20 heavy (non-hydrogen) atoms. The average molecular weight is 271 g/mol. The molecule has 0 radical (unpaired) electrons. The Morgan fingerprint density at radius 2 is 1.75 bits per heavy atom. The molecule has 2 rings (SSSR count). The molecule has 1 unspecified atom stereocenters. The number of rotatable bonds is 5. The normalized spacial score (nSPS) is 12.0. The lowest BCUT2D eigenvalue weighted by Gasteiger charge is -2.20. The lowest BCUT2D eigenvalue weighted by molar-refractivity contribution is 0.276. The summed E-state index contributed by atoms with van der Waals surface area (Å²) in [4.78, 5) is 0. The maximum atomic E-state index is 9.68. The van der Waals surface area contributed by atoms with E-state index in [2.05, 4.69) is 37.4 Å².